The second-order valence-electron chi connectivity index (χ2n) is 5.53. The number of halogens is 1. The van der Waals surface area contributed by atoms with E-state index in [1.807, 2.05) is 30.3 Å². The van der Waals surface area contributed by atoms with Crippen LogP contribution in [-0.2, 0) is 6.42 Å². The van der Waals surface area contributed by atoms with Crippen LogP contribution in [0.2, 0.25) is 5.02 Å². The summed E-state index contributed by atoms with van der Waals surface area (Å²) in [5.74, 6) is 0. The van der Waals surface area contributed by atoms with Crippen molar-refractivity contribution < 1.29 is 5.11 Å². The molecule has 116 valence electrons. The van der Waals surface area contributed by atoms with Crippen LogP contribution < -0.4 is 0 Å². The summed E-state index contributed by atoms with van der Waals surface area (Å²) < 4.78 is 0. The van der Waals surface area contributed by atoms with Crippen molar-refractivity contribution in [1.29, 1.82) is 0 Å². The van der Waals surface area contributed by atoms with E-state index in [0.29, 0.717) is 11.4 Å². The average molecular weight is 324 g/mol. The fourth-order valence-electron chi connectivity index (χ4n) is 2.96. The van der Waals surface area contributed by atoms with Gasteiger partial charge in [-0.05, 0) is 65.9 Å². The average Bonchev–Trinajstić information content (AvgIpc) is 2.56. The number of aliphatic hydroxyl groups is 1. The summed E-state index contributed by atoms with van der Waals surface area (Å²) >= 11 is 6.03. The Kier molecular flexibility index (Phi) is 4.46. The highest BCUT2D eigenvalue weighted by molar-refractivity contribution is 6.30. The van der Waals surface area contributed by atoms with E-state index in [-0.39, 0.29) is 6.61 Å². The van der Waals surface area contributed by atoms with E-state index in [9.17, 15) is 5.11 Å². The smallest absolute Gasteiger partial charge is 0.0718 e. The van der Waals surface area contributed by atoms with Crippen molar-refractivity contribution in [2.45, 2.75) is 13.3 Å². The van der Waals surface area contributed by atoms with Gasteiger partial charge in [0.15, 0.2) is 0 Å². The number of hydrogen-bond acceptors (Lipinski definition) is 2. The zero-order valence-corrected chi connectivity index (χ0v) is 13.8. The van der Waals surface area contributed by atoms with Crippen molar-refractivity contribution in [3.05, 3.63) is 70.9 Å². The molecule has 1 aromatic heterocycles. The van der Waals surface area contributed by atoms with Crippen molar-refractivity contribution in [3.8, 4) is 11.1 Å². The summed E-state index contributed by atoms with van der Waals surface area (Å²) in [6.07, 6.45) is 2.36. The summed E-state index contributed by atoms with van der Waals surface area (Å²) in [4.78, 5) is 4.65. The van der Waals surface area contributed by atoms with Gasteiger partial charge in [0.2, 0.25) is 0 Å². The maximum Gasteiger partial charge on any atom is 0.0718 e. The van der Waals surface area contributed by atoms with Crippen LogP contribution in [0.5, 0.6) is 0 Å². The molecule has 0 aliphatic rings. The molecular weight excluding hydrogens is 306 g/mol. The topological polar surface area (TPSA) is 33.1 Å². The molecule has 0 bridgehead atoms. The second kappa shape index (κ2) is 6.53. The van der Waals surface area contributed by atoms with Gasteiger partial charge >= 0.3 is 0 Å². The van der Waals surface area contributed by atoms with Crippen molar-refractivity contribution in [1.82, 2.24) is 4.98 Å². The predicted molar refractivity (Wildman–Crippen MR) is 97.8 cm³/mol. The van der Waals surface area contributed by atoms with Gasteiger partial charge in [-0.3, -0.25) is 0 Å². The molecule has 1 heterocycles. The number of aromatic nitrogens is 1. The molecule has 0 atom stereocenters. The van der Waals surface area contributed by atoms with E-state index in [1.165, 1.54) is 0 Å². The van der Waals surface area contributed by atoms with Crippen molar-refractivity contribution >= 4 is 28.6 Å². The molecule has 3 rings (SSSR count). The van der Waals surface area contributed by atoms with E-state index >= 15 is 0 Å². The molecule has 0 amide bonds. The number of nitrogens with zero attached hydrogens (tertiary/aromatic N) is 1. The third kappa shape index (κ3) is 3.00. The number of pyridine rings is 1. The summed E-state index contributed by atoms with van der Waals surface area (Å²) in [6.45, 7) is 5.97. The van der Waals surface area contributed by atoms with Crippen molar-refractivity contribution in [2.24, 2.45) is 0 Å². The zero-order chi connectivity index (χ0) is 16.4. The lowest BCUT2D eigenvalue weighted by Crippen LogP contribution is -2.00. The number of benzene rings is 2. The minimum atomic E-state index is 0.116. The first kappa shape index (κ1) is 15.7. The fraction of sp³-hybridized carbons (Fsp3) is 0.150. The van der Waals surface area contributed by atoms with Gasteiger partial charge in [0, 0.05) is 17.0 Å². The molecule has 0 radical (unpaired) electrons. The Balaban J connectivity index is 2.36. The Morgan fingerprint density at radius 3 is 2.57 bits per heavy atom. The third-order valence-corrected chi connectivity index (χ3v) is 4.30. The molecule has 0 saturated carbocycles. The molecule has 3 aromatic rings. The Morgan fingerprint density at radius 1 is 1.17 bits per heavy atom. The van der Waals surface area contributed by atoms with Gasteiger partial charge < -0.3 is 5.11 Å². The van der Waals surface area contributed by atoms with Gasteiger partial charge in [-0.1, -0.05) is 36.4 Å². The lowest BCUT2D eigenvalue weighted by molar-refractivity contribution is 0.299. The lowest BCUT2D eigenvalue weighted by Gasteiger charge is -2.16. The number of hydrogen-bond donors (Lipinski definition) is 1. The number of aliphatic hydroxyl groups excluding tert-OH is 1. The minimum Gasteiger partial charge on any atom is -0.396 e. The Morgan fingerprint density at radius 2 is 1.91 bits per heavy atom. The van der Waals surface area contributed by atoms with E-state index in [4.69, 9.17) is 11.6 Å². The maximum atomic E-state index is 9.46. The highest BCUT2D eigenvalue weighted by atomic mass is 35.5. The van der Waals surface area contributed by atoms with Crippen LogP contribution >= 0.6 is 11.6 Å². The first-order valence-electron chi connectivity index (χ1n) is 7.56. The SMILES string of the molecule is C=Cc1ccc2c(-c3ccc(Cl)cc3)c(CCO)c(C)cc2n1. The highest BCUT2D eigenvalue weighted by Crippen LogP contribution is 2.35. The Hall–Kier alpha value is -2.16. The number of fused-ring (bicyclic) bond motifs is 1. The van der Waals surface area contributed by atoms with Crippen LogP contribution in [-0.4, -0.2) is 16.7 Å². The first-order chi connectivity index (χ1) is 11.1. The van der Waals surface area contributed by atoms with Crippen LogP contribution in [0.1, 0.15) is 16.8 Å². The molecule has 0 saturated heterocycles. The van der Waals surface area contributed by atoms with Gasteiger partial charge in [0.1, 0.15) is 0 Å². The molecule has 0 fully saturated rings. The van der Waals surface area contributed by atoms with Crippen molar-refractivity contribution in [2.75, 3.05) is 6.61 Å². The first-order valence-corrected chi connectivity index (χ1v) is 7.94. The molecule has 0 spiro atoms. The van der Waals surface area contributed by atoms with Crippen LogP contribution in [0.4, 0.5) is 0 Å². The van der Waals surface area contributed by atoms with E-state index in [2.05, 4.69) is 30.6 Å². The fourth-order valence-corrected chi connectivity index (χ4v) is 3.08. The maximum absolute atomic E-state index is 9.46. The van der Waals surface area contributed by atoms with E-state index in [1.54, 1.807) is 6.08 Å². The van der Waals surface area contributed by atoms with Gasteiger partial charge in [-0.25, -0.2) is 4.98 Å². The molecular formula is C20H18ClNO. The molecule has 1 N–H and O–H groups in total. The van der Waals surface area contributed by atoms with Crippen LogP contribution in [0.3, 0.4) is 0 Å². The Bertz CT molecular complexity index is 869. The minimum absolute atomic E-state index is 0.116. The van der Waals surface area contributed by atoms with Gasteiger partial charge in [-0.2, -0.15) is 0 Å². The molecule has 2 nitrogen and oxygen atoms in total. The monoisotopic (exact) mass is 323 g/mol. The van der Waals surface area contributed by atoms with E-state index < -0.39 is 0 Å². The molecule has 3 heteroatoms. The van der Waals surface area contributed by atoms with Crippen LogP contribution in [0.25, 0.3) is 28.1 Å². The quantitative estimate of drug-likeness (QED) is 0.729. The van der Waals surface area contributed by atoms with Gasteiger partial charge in [0.05, 0.1) is 11.2 Å². The summed E-state index contributed by atoms with van der Waals surface area (Å²) in [6, 6.07) is 13.9. The number of aryl methyl sites for hydroxylation is 1. The molecule has 0 aliphatic heterocycles. The highest BCUT2D eigenvalue weighted by Gasteiger charge is 2.14. The normalized spacial score (nSPS) is 10.9. The molecule has 23 heavy (non-hydrogen) atoms. The second-order valence-corrected chi connectivity index (χ2v) is 5.97. The zero-order valence-electron chi connectivity index (χ0n) is 13.0. The standard InChI is InChI=1S/C20H18ClNO/c1-3-16-8-9-18-19(22-16)12-13(2)17(10-11-23)20(18)14-4-6-15(21)7-5-14/h3-9,12,23H,1,10-11H2,2H3. The third-order valence-electron chi connectivity index (χ3n) is 4.05. The van der Waals surface area contributed by atoms with Crippen LogP contribution in [0, 0.1) is 6.92 Å². The number of rotatable bonds is 4. The summed E-state index contributed by atoms with van der Waals surface area (Å²) in [5.41, 5.74) is 6.27. The van der Waals surface area contributed by atoms with Gasteiger partial charge in [-0.15, -0.1) is 0 Å². The van der Waals surface area contributed by atoms with Gasteiger partial charge in [0.25, 0.3) is 0 Å². The predicted octanol–water partition coefficient (Wildman–Crippen LogP) is 5.04. The largest absolute Gasteiger partial charge is 0.396 e. The lowest BCUT2D eigenvalue weighted by atomic mass is 9.90. The van der Waals surface area contributed by atoms with Crippen molar-refractivity contribution in [3.63, 3.8) is 0 Å². The molecule has 0 unspecified atom stereocenters. The van der Waals surface area contributed by atoms with Crippen LogP contribution in [0.15, 0.2) is 49.0 Å². The molecule has 2 aromatic carbocycles. The van der Waals surface area contributed by atoms with E-state index in [0.717, 1.165) is 38.9 Å². The Labute approximate surface area is 141 Å². The summed E-state index contributed by atoms with van der Waals surface area (Å²) in [7, 11) is 0. The molecule has 0 aliphatic carbocycles. The summed E-state index contributed by atoms with van der Waals surface area (Å²) in [5, 5.41) is 11.2.